The Kier molecular flexibility index (Phi) is 8.71. The molecule has 1 aromatic heterocycles. The first-order valence-corrected chi connectivity index (χ1v) is 14.5. The van der Waals surface area contributed by atoms with Gasteiger partial charge in [0.1, 0.15) is 5.60 Å². The molecule has 182 valence electrons. The molecule has 0 aliphatic rings. The highest BCUT2D eigenvalue weighted by Gasteiger charge is 2.40. The third-order valence-corrected chi connectivity index (χ3v) is 10.5. The molecule has 2 rings (SSSR count). The molecule has 6 nitrogen and oxygen atoms in total. The lowest BCUT2D eigenvalue weighted by Crippen LogP contribution is -2.46. The van der Waals surface area contributed by atoms with E-state index in [1.807, 2.05) is 63.4 Å². The Bertz CT molecular complexity index is 888. The predicted octanol–water partition coefficient (Wildman–Crippen LogP) is 6.21. The Morgan fingerprint density at radius 3 is 2.24 bits per heavy atom. The maximum atomic E-state index is 13.2. The van der Waals surface area contributed by atoms with Crippen LogP contribution in [-0.4, -0.2) is 43.0 Å². The van der Waals surface area contributed by atoms with Crippen molar-refractivity contribution in [2.24, 2.45) is 0 Å². The maximum Gasteiger partial charge on any atom is 0.410 e. The summed E-state index contributed by atoms with van der Waals surface area (Å²) in [4.78, 5) is 19.2. The highest BCUT2D eigenvalue weighted by Crippen LogP contribution is 2.40. The standard InChI is InChI=1S/C26H41N3O3Si/c1-25(2,3)31-24(30)29(17-15-20-11-13-22(27)14-12-20)19-23(21-10-9-16-28-18-21)32-33(7,8)26(4,5)6/h9-14,16,18,23H,15,17,19,27H2,1-8H3/t23-/m0/s1. The van der Waals surface area contributed by atoms with Gasteiger partial charge in [0.05, 0.1) is 12.6 Å². The summed E-state index contributed by atoms with van der Waals surface area (Å²) < 4.78 is 12.5. The van der Waals surface area contributed by atoms with Crippen molar-refractivity contribution in [3.8, 4) is 0 Å². The van der Waals surface area contributed by atoms with E-state index in [0.717, 1.165) is 16.8 Å². The van der Waals surface area contributed by atoms with E-state index in [4.69, 9.17) is 14.9 Å². The number of rotatable bonds is 8. The molecule has 1 atom stereocenters. The average molecular weight is 472 g/mol. The summed E-state index contributed by atoms with van der Waals surface area (Å²) in [5.41, 5.74) is 8.04. The number of hydrogen-bond acceptors (Lipinski definition) is 5. The van der Waals surface area contributed by atoms with Crippen LogP contribution in [0.4, 0.5) is 10.5 Å². The molecule has 0 saturated carbocycles. The fourth-order valence-electron chi connectivity index (χ4n) is 3.04. The molecule has 1 aromatic carbocycles. The lowest BCUT2D eigenvalue weighted by molar-refractivity contribution is 0.0158. The normalized spacial score (nSPS) is 13.5. The molecule has 0 spiro atoms. The van der Waals surface area contributed by atoms with Crippen LogP contribution in [0.25, 0.3) is 0 Å². The predicted molar refractivity (Wildman–Crippen MR) is 138 cm³/mol. The van der Waals surface area contributed by atoms with Crippen LogP contribution in [0.1, 0.15) is 58.8 Å². The minimum atomic E-state index is -2.11. The van der Waals surface area contributed by atoms with E-state index >= 15 is 0 Å². The van der Waals surface area contributed by atoms with Gasteiger partial charge in [-0.05, 0) is 74.7 Å². The van der Waals surface area contributed by atoms with E-state index in [-0.39, 0.29) is 17.2 Å². The van der Waals surface area contributed by atoms with Gasteiger partial charge in [0.15, 0.2) is 8.32 Å². The number of carbonyl (C=O) groups excluding carboxylic acids is 1. The van der Waals surface area contributed by atoms with Gasteiger partial charge in [-0.1, -0.05) is 39.0 Å². The zero-order valence-electron chi connectivity index (χ0n) is 21.5. The van der Waals surface area contributed by atoms with Crippen molar-refractivity contribution in [2.75, 3.05) is 18.8 Å². The number of nitrogen functional groups attached to an aromatic ring is 1. The number of ether oxygens (including phenoxy) is 1. The third-order valence-electron chi connectivity index (χ3n) is 5.99. The monoisotopic (exact) mass is 471 g/mol. The lowest BCUT2D eigenvalue weighted by Gasteiger charge is -2.40. The Morgan fingerprint density at radius 2 is 1.73 bits per heavy atom. The Hall–Kier alpha value is -2.38. The summed E-state index contributed by atoms with van der Waals surface area (Å²) in [6.07, 6.45) is 3.63. The first-order chi connectivity index (χ1) is 15.2. The fraction of sp³-hybridized carbons (Fsp3) is 0.538. The Labute approximate surface area is 200 Å². The summed E-state index contributed by atoms with van der Waals surface area (Å²) in [7, 11) is -2.11. The van der Waals surface area contributed by atoms with Gasteiger partial charge in [0.2, 0.25) is 0 Å². The molecule has 0 saturated heterocycles. The van der Waals surface area contributed by atoms with Gasteiger partial charge >= 0.3 is 6.09 Å². The van der Waals surface area contributed by atoms with E-state index in [1.54, 1.807) is 11.1 Å². The summed E-state index contributed by atoms with van der Waals surface area (Å²) in [5, 5.41) is 0.0359. The molecule has 2 N–H and O–H groups in total. The summed E-state index contributed by atoms with van der Waals surface area (Å²) in [5.74, 6) is 0. The highest BCUT2D eigenvalue weighted by molar-refractivity contribution is 6.74. The number of benzene rings is 1. The molecule has 0 bridgehead atoms. The molecular formula is C26H41N3O3Si. The van der Waals surface area contributed by atoms with Crippen LogP contribution in [0.2, 0.25) is 18.1 Å². The van der Waals surface area contributed by atoms with E-state index in [2.05, 4.69) is 38.8 Å². The zero-order chi connectivity index (χ0) is 24.9. The number of anilines is 1. The Balaban J connectivity index is 2.31. The van der Waals surface area contributed by atoms with E-state index in [0.29, 0.717) is 19.5 Å². The molecule has 1 amide bonds. The second-order valence-electron chi connectivity index (χ2n) is 11.1. The Morgan fingerprint density at radius 1 is 1.09 bits per heavy atom. The SMILES string of the molecule is CC(C)(C)OC(=O)N(CCc1ccc(N)cc1)C[C@H](O[Si](C)(C)C(C)(C)C)c1cccnc1. The fourth-order valence-corrected chi connectivity index (χ4v) is 4.32. The number of nitrogens with two attached hydrogens (primary N) is 1. The van der Waals surface area contributed by atoms with Gasteiger partial charge in [-0.25, -0.2) is 4.79 Å². The number of hydrogen-bond donors (Lipinski definition) is 1. The molecule has 0 unspecified atom stereocenters. The lowest BCUT2D eigenvalue weighted by atomic mass is 10.1. The van der Waals surface area contributed by atoms with Gasteiger partial charge in [0.25, 0.3) is 0 Å². The smallest absolute Gasteiger partial charge is 0.410 e. The molecule has 0 fully saturated rings. The van der Waals surface area contributed by atoms with Gasteiger partial charge in [-0.15, -0.1) is 0 Å². The summed E-state index contributed by atoms with van der Waals surface area (Å²) >= 11 is 0. The molecule has 1 heterocycles. The average Bonchev–Trinajstić information content (AvgIpc) is 2.69. The van der Waals surface area contributed by atoms with Crippen molar-refractivity contribution in [3.05, 3.63) is 59.9 Å². The highest BCUT2D eigenvalue weighted by atomic mass is 28.4. The minimum Gasteiger partial charge on any atom is -0.444 e. The first-order valence-electron chi connectivity index (χ1n) is 11.6. The molecular weight excluding hydrogens is 430 g/mol. The van der Waals surface area contributed by atoms with Crippen LogP contribution in [0.3, 0.4) is 0 Å². The first kappa shape index (κ1) is 26.9. The quantitative estimate of drug-likeness (QED) is 0.366. The van der Waals surface area contributed by atoms with Gasteiger partial charge in [-0.2, -0.15) is 0 Å². The van der Waals surface area contributed by atoms with E-state index in [9.17, 15) is 4.79 Å². The van der Waals surface area contributed by atoms with Crippen molar-refractivity contribution < 1.29 is 14.0 Å². The summed E-state index contributed by atoms with van der Waals surface area (Å²) in [6.45, 7) is 17.6. The molecule has 33 heavy (non-hydrogen) atoms. The van der Waals surface area contributed by atoms with Crippen molar-refractivity contribution in [1.29, 1.82) is 0 Å². The van der Waals surface area contributed by atoms with Crippen LogP contribution in [0.5, 0.6) is 0 Å². The maximum absolute atomic E-state index is 13.2. The second-order valence-corrected chi connectivity index (χ2v) is 15.8. The van der Waals surface area contributed by atoms with Gasteiger partial charge in [0, 0.05) is 24.6 Å². The molecule has 2 aromatic rings. The van der Waals surface area contributed by atoms with Crippen LogP contribution < -0.4 is 5.73 Å². The number of amides is 1. The van der Waals surface area contributed by atoms with Gasteiger partial charge in [-0.3, -0.25) is 4.98 Å². The molecule has 0 aliphatic heterocycles. The van der Waals surface area contributed by atoms with Crippen molar-refractivity contribution >= 4 is 20.1 Å². The minimum absolute atomic E-state index is 0.0359. The van der Waals surface area contributed by atoms with Crippen LogP contribution >= 0.6 is 0 Å². The van der Waals surface area contributed by atoms with Crippen LogP contribution in [0.15, 0.2) is 48.8 Å². The number of aromatic nitrogens is 1. The largest absolute Gasteiger partial charge is 0.444 e. The number of nitrogens with zero attached hydrogens (tertiary/aromatic N) is 2. The molecule has 7 heteroatoms. The van der Waals surface area contributed by atoms with Crippen molar-refractivity contribution in [1.82, 2.24) is 9.88 Å². The topological polar surface area (TPSA) is 77.7 Å². The van der Waals surface area contributed by atoms with E-state index < -0.39 is 13.9 Å². The third kappa shape index (κ3) is 8.48. The van der Waals surface area contributed by atoms with E-state index in [1.165, 1.54) is 0 Å². The van der Waals surface area contributed by atoms with Crippen molar-refractivity contribution in [2.45, 2.75) is 77.8 Å². The number of carbonyl (C=O) groups is 1. The van der Waals surface area contributed by atoms with Crippen LogP contribution in [0, 0.1) is 0 Å². The number of pyridine rings is 1. The van der Waals surface area contributed by atoms with Gasteiger partial charge < -0.3 is 19.8 Å². The van der Waals surface area contributed by atoms with Crippen LogP contribution in [-0.2, 0) is 15.6 Å². The zero-order valence-corrected chi connectivity index (χ0v) is 22.5. The second kappa shape index (κ2) is 10.7. The van der Waals surface area contributed by atoms with Crippen molar-refractivity contribution in [3.63, 3.8) is 0 Å². The molecule has 0 radical (unpaired) electrons. The molecule has 0 aliphatic carbocycles. The summed E-state index contributed by atoms with van der Waals surface area (Å²) in [6, 6.07) is 11.7.